The molecular weight excluding hydrogens is 272 g/mol. The Morgan fingerprint density at radius 2 is 1.90 bits per heavy atom. The van der Waals surface area contributed by atoms with E-state index in [4.69, 9.17) is 0 Å². The molecule has 0 saturated carbocycles. The SMILES string of the molecule is Cc1c(CNC(C)C)cccc1S(=O)(=O)N1CCCC1. The van der Waals surface area contributed by atoms with Crippen molar-refractivity contribution in [3.8, 4) is 0 Å². The van der Waals surface area contributed by atoms with Gasteiger partial charge in [0.2, 0.25) is 10.0 Å². The minimum Gasteiger partial charge on any atom is -0.310 e. The fourth-order valence-electron chi connectivity index (χ4n) is 2.51. The number of rotatable bonds is 5. The molecule has 112 valence electrons. The van der Waals surface area contributed by atoms with E-state index in [9.17, 15) is 8.42 Å². The maximum absolute atomic E-state index is 12.7. The molecule has 0 bridgehead atoms. The smallest absolute Gasteiger partial charge is 0.243 e. The third-order valence-electron chi connectivity index (χ3n) is 3.78. The van der Waals surface area contributed by atoms with Gasteiger partial charge in [0.05, 0.1) is 4.90 Å². The lowest BCUT2D eigenvalue weighted by Gasteiger charge is -2.19. The van der Waals surface area contributed by atoms with Gasteiger partial charge in [-0.2, -0.15) is 4.31 Å². The van der Waals surface area contributed by atoms with Crippen LogP contribution in [-0.4, -0.2) is 31.9 Å². The number of nitrogens with one attached hydrogen (secondary N) is 1. The normalized spacial score (nSPS) is 17.0. The molecule has 0 aromatic heterocycles. The second-order valence-corrected chi connectivity index (χ2v) is 7.59. The number of hydrogen-bond donors (Lipinski definition) is 1. The van der Waals surface area contributed by atoms with E-state index < -0.39 is 10.0 Å². The molecule has 0 unspecified atom stereocenters. The summed E-state index contributed by atoms with van der Waals surface area (Å²) in [7, 11) is -3.32. The summed E-state index contributed by atoms with van der Waals surface area (Å²) >= 11 is 0. The topological polar surface area (TPSA) is 49.4 Å². The van der Waals surface area contributed by atoms with Crippen molar-refractivity contribution in [1.82, 2.24) is 9.62 Å². The Morgan fingerprint density at radius 3 is 2.50 bits per heavy atom. The highest BCUT2D eigenvalue weighted by Crippen LogP contribution is 2.25. The van der Waals surface area contributed by atoms with Gasteiger partial charge in [-0.05, 0) is 37.0 Å². The van der Waals surface area contributed by atoms with Gasteiger partial charge >= 0.3 is 0 Å². The van der Waals surface area contributed by atoms with Crippen molar-refractivity contribution in [3.05, 3.63) is 29.3 Å². The van der Waals surface area contributed by atoms with E-state index in [1.54, 1.807) is 10.4 Å². The molecule has 1 heterocycles. The lowest BCUT2D eigenvalue weighted by Crippen LogP contribution is -2.29. The van der Waals surface area contributed by atoms with Crippen molar-refractivity contribution >= 4 is 10.0 Å². The van der Waals surface area contributed by atoms with Crippen LogP contribution in [0.15, 0.2) is 23.1 Å². The minimum absolute atomic E-state index is 0.383. The first kappa shape index (κ1) is 15.5. The fraction of sp³-hybridized carbons (Fsp3) is 0.600. The van der Waals surface area contributed by atoms with Crippen molar-refractivity contribution < 1.29 is 8.42 Å². The molecule has 1 N–H and O–H groups in total. The van der Waals surface area contributed by atoms with Gasteiger partial charge in [0.15, 0.2) is 0 Å². The monoisotopic (exact) mass is 296 g/mol. The Labute approximate surface area is 122 Å². The van der Waals surface area contributed by atoms with Crippen LogP contribution in [0.5, 0.6) is 0 Å². The van der Waals surface area contributed by atoms with Gasteiger partial charge in [-0.1, -0.05) is 26.0 Å². The summed E-state index contributed by atoms with van der Waals surface area (Å²) in [5.41, 5.74) is 1.92. The fourth-order valence-corrected chi connectivity index (χ4v) is 4.30. The maximum atomic E-state index is 12.7. The Balaban J connectivity index is 2.30. The van der Waals surface area contributed by atoms with Crippen LogP contribution in [0.3, 0.4) is 0 Å². The number of hydrogen-bond acceptors (Lipinski definition) is 3. The maximum Gasteiger partial charge on any atom is 0.243 e. The summed E-state index contributed by atoms with van der Waals surface area (Å²) in [6.07, 6.45) is 1.93. The Morgan fingerprint density at radius 1 is 1.25 bits per heavy atom. The van der Waals surface area contributed by atoms with Gasteiger partial charge < -0.3 is 5.32 Å². The second kappa shape index (κ2) is 6.24. The molecule has 20 heavy (non-hydrogen) atoms. The van der Waals surface area contributed by atoms with Crippen LogP contribution in [0.2, 0.25) is 0 Å². The van der Waals surface area contributed by atoms with Crippen molar-refractivity contribution in [2.75, 3.05) is 13.1 Å². The van der Waals surface area contributed by atoms with Gasteiger partial charge in [-0.15, -0.1) is 0 Å². The molecule has 0 spiro atoms. The lowest BCUT2D eigenvalue weighted by molar-refractivity contribution is 0.476. The molecule has 4 nitrogen and oxygen atoms in total. The van der Waals surface area contributed by atoms with Gasteiger partial charge in [0.25, 0.3) is 0 Å². The van der Waals surface area contributed by atoms with Crippen LogP contribution in [-0.2, 0) is 16.6 Å². The lowest BCUT2D eigenvalue weighted by atomic mass is 10.1. The first-order valence-electron chi connectivity index (χ1n) is 7.25. The Kier molecular flexibility index (Phi) is 4.83. The molecule has 2 rings (SSSR count). The summed E-state index contributed by atoms with van der Waals surface area (Å²) in [5.74, 6) is 0. The summed E-state index contributed by atoms with van der Waals surface area (Å²) in [4.78, 5) is 0.461. The molecule has 1 aliphatic rings. The van der Waals surface area contributed by atoms with Gasteiger partial charge in [-0.25, -0.2) is 8.42 Å². The molecule has 5 heteroatoms. The van der Waals surface area contributed by atoms with Crippen molar-refractivity contribution in [2.24, 2.45) is 0 Å². The first-order chi connectivity index (χ1) is 9.43. The number of nitrogens with zero attached hydrogens (tertiary/aromatic N) is 1. The molecule has 1 aromatic rings. The zero-order chi connectivity index (χ0) is 14.8. The highest BCUT2D eigenvalue weighted by atomic mass is 32.2. The van der Waals surface area contributed by atoms with Gasteiger partial charge in [0.1, 0.15) is 0 Å². The molecule has 0 radical (unpaired) electrons. The molecule has 0 aliphatic carbocycles. The summed E-state index contributed by atoms with van der Waals surface area (Å²) in [6, 6.07) is 5.94. The van der Waals surface area contributed by atoms with Crippen molar-refractivity contribution in [1.29, 1.82) is 0 Å². The Bertz CT molecular complexity index is 561. The first-order valence-corrected chi connectivity index (χ1v) is 8.69. The van der Waals surface area contributed by atoms with E-state index in [1.807, 2.05) is 19.1 Å². The van der Waals surface area contributed by atoms with E-state index in [2.05, 4.69) is 19.2 Å². The summed E-state index contributed by atoms with van der Waals surface area (Å²) in [5, 5.41) is 3.34. The van der Waals surface area contributed by atoms with Crippen LogP contribution < -0.4 is 5.32 Å². The van der Waals surface area contributed by atoms with Gasteiger partial charge in [0, 0.05) is 25.7 Å². The van der Waals surface area contributed by atoms with Crippen LogP contribution in [0.4, 0.5) is 0 Å². The third kappa shape index (κ3) is 3.22. The van der Waals surface area contributed by atoms with Crippen LogP contribution in [0.1, 0.15) is 37.8 Å². The summed E-state index contributed by atoms with van der Waals surface area (Å²) < 4.78 is 26.9. The minimum atomic E-state index is -3.32. The molecule has 1 saturated heterocycles. The molecule has 1 aromatic carbocycles. The number of sulfonamides is 1. The molecule has 0 amide bonds. The zero-order valence-electron chi connectivity index (χ0n) is 12.5. The van der Waals surface area contributed by atoms with Crippen LogP contribution >= 0.6 is 0 Å². The van der Waals surface area contributed by atoms with Crippen molar-refractivity contribution in [3.63, 3.8) is 0 Å². The average molecular weight is 296 g/mol. The predicted molar refractivity (Wildman–Crippen MR) is 81.1 cm³/mol. The van der Waals surface area contributed by atoms with Crippen molar-refractivity contribution in [2.45, 2.75) is 51.1 Å². The Hall–Kier alpha value is -0.910. The quantitative estimate of drug-likeness (QED) is 0.907. The molecular formula is C15H24N2O2S. The highest BCUT2D eigenvalue weighted by molar-refractivity contribution is 7.89. The van der Waals surface area contributed by atoms with E-state index in [0.717, 1.165) is 24.0 Å². The predicted octanol–water partition coefficient (Wildman–Crippen LogP) is 2.28. The highest BCUT2D eigenvalue weighted by Gasteiger charge is 2.28. The zero-order valence-corrected chi connectivity index (χ0v) is 13.3. The largest absolute Gasteiger partial charge is 0.310 e. The number of benzene rings is 1. The van der Waals surface area contributed by atoms with E-state index >= 15 is 0 Å². The van der Waals surface area contributed by atoms with Crippen LogP contribution in [0.25, 0.3) is 0 Å². The van der Waals surface area contributed by atoms with E-state index in [0.29, 0.717) is 30.6 Å². The average Bonchev–Trinajstić information content (AvgIpc) is 2.91. The van der Waals surface area contributed by atoms with E-state index in [-0.39, 0.29) is 0 Å². The molecule has 1 aliphatic heterocycles. The second-order valence-electron chi connectivity index (χ2n) is 5.69. The third-order valence-corrected chi connectivity index (χ3v) is 5.82. The summed E-state index contributed by atoms with van der Waals surface area (Å²) in [6.45, 7) is 8.07. The van der Waals surface area contributed by atoms with E-state index in [1.165, 1.54) is 0 Å². The van der Waals surface area contributed by atoms with Crippen LogP contribution in [0, 0.1) is 6.92 Å². The standard InChI is InChI=1S/C15H24N2O2S/c1-12(2)16-11-14-7-6-8-15(13(14)3)20(18,19)17-9-4-5-10-17/h6-8,12,16H,4-5,9-11H2,1-3H3. The van der Waals surface area contributed by atoms with Gasteiger partial charge in [-0.3, -0.25) is 0 Å². The molecule has 0 atom stereocenters. The molecule has 1 fully saturated rings.